The molecule has 1 saturated carbocycles. The molecule has 1 saturated heterocycles. The highest BCUT2D eigenvalue weighted by atomic mass is 15.3. The highest BCUT2D eigenvalue weighted by Gasteiger charge is 2.45. The maximum absolute atomic E-state index is 3.92. The monoisotopic (exact) mass is 238 g/mol. The van der Waals surface area contributed by atoms with Crippen molar-refractivity contribution in [3.63, 3.8) is 0 Å². The number of hydrogen-bond acceptors (Lipinski definition) is 2. The van der Waals surface area contributed by atoms with Gasteiger partial charge in [0.15, 0.2) is 0 Å². The highest BCUT2D eigenvalue weighted by molar-refractivity contribution is 5.05. The van der Waals surface area contributed by atoms with E-state index in [1.807, 2.05) is 0 Å². The van der Waals surface area contributed by atoms with E-state index in [-0.39, 0.29) is 0 Å². The minimum absolute atomic E-state index is 0.388. The Morgan fingerprint density at radius 1 is 1.00 bits per heavy atom. The van der Waals surface area contributed by atoms with E-state index < -0.39 is 0 Å². The summed E-state index contributed by atoms with van der Waals surface area (Å²) in [6.45, 7) is 10.7. The van der Waals surface area contributed by atoms with E-state index in [0.29, 0.717) is 11.1 Å². The predicted octanol–water partition coefficient (Wildman–Crippen LogP) is 3.17. The molecule has 0 aromatic heterocycles. The first kappa shape index (κ1) is 13.4. The van der Waals surface area contributed by atoms with Crippen LogP contribution in [-0.2, 0) is 0 Å². The van der Waals surface area contributed by atoms with E-state index in [1.54, 1.807) is 0 Å². The largest absolute Gasteiger partial charge is 0.308 e. The minimum Gasteiger partial charge on any atom is -0.308 e. The van der Waals surface area contributed by atoms with Crippen LogP contribution in [0.15, 0.2) is 0 Å². The minimum atomic E-state index is 0.388. The summed E-state index contributed by atoms with van der Waals surface area (Å²) in [7, 11) is 0. The fourth-order valence-corrected chi connectivity index (χ4v) is 3.93. The number of rotatable bonds is 3. The molecule has 1 N–H and O–H groups in total. The highest BCUT2D eigenvalue weighted by Crippen LogP contribution is 2.38. The molecule has 0 aromatic rings. The van der Waals surface area contributed by atoms with Gasteiger partial charge >= 0.3 is 0 Å². The van der Waals surface area contributed by atoms with Crippen LogP contribution < -0.4 is 5.32 Å². The third-order valence-corrected chi connectivity index (χ3v) is 5.48. The Morgan fingerprint density at radius 3 is 2.18 bits per heavy atom. The van der Waals surface area contributed by atoms with Gasteiger partial charge in [-0.3, -0.25) is 4.90 Å². The first-order chi connectivity index (χ1) is 8.20. The molecule has 17 heavy (non-hydrogen) atoms. The second-order valence-electron chi connectivity index (χ2n) is 6.14. The number of likely N-dealkylation sites (N-methyl/N-ethyl adjacent to an activating group) is 1. The molecule has 0 aromatic carbocycles. The number of hydrogen-bond donors (Lipinski definition) is 1. The van der Waals surface area contributed by atoms with E-state index in [4.69, 9.17) is 0 Å². The van der Waals surface area contributed by atoms with Gasteiger partial charge in [0.25, 0.3) is 0 Å². The quantitative estimate of drug-likeness (QED) is 0.812. The maximum atomic E-state index is 3.92. The summed E-state index contributed by atoms with van der Waals surface area (Å²) in [6, 6.07) is 0. The first-order valence-electron chi connectivity index (χ1n) is 7.70. The SMILES string of the molecule is CCN1CC(CC)(CC)NCC12CCCCC2. The molecule has 2 rings (SSSR count). The van der Waals surface area contributed by atoms with Crippen LogP contribution >= 0.6 is 0 Å². The van der Waals surface area contributed by atoms with Gasteiger partial charge in [-0.25, -0.2) is 0 Å². The van der Waals surface area contributed by atoms with Gasteiger partial charge in [0.2, 0.25) is 0 Å². The topological polar surface area (TPSA) is 15.3 Å². The lowest BCUT2D eigenvalue weighted by Gasteiger charge is -2.56. The van der Waals surface area contributed by atoms with Crippen LogP contribution in [0.3, 0.4) is 0 Å². The summed E-state index contributed by atoms with van der Waals surface area (Å²) in [5.41, 5.74) is 0.888. The van der Waals surface area contributed by atoms with Gasteiger partial charge < -0.3 is 5.32 Å². The van der Waals surface area contributed by atoms with Crippen LogP contribution in [0, 0.1) is 0 Å². The van der Waals surface area contributed by atoms with Crippen LogP contribution in [0.2, 0.25) is 0 Å². The smallest absolute Gasteiger partial charge is 0.0334 e. The molecule has 0 bridgehead atoms. The molecule has 1 spiro atoms. The molecule has 2 aliphatic rings. The van der Waals surface area contributed by atoms with Gasteiger partial charge in [0.1, 0.15) is 0 Å². The summed E-state index contributed by atoms with van der Waals surface area (Å²) in [5, 5.41) is 3.92. The molecule has 100 valence electrons. The van der Waals surface area contributed by atoms with E-state index in [1.165, 1.54) is 64.6 Å². The summed E-state index contributed by atoms with van der Waals surface area (Å²) >= 11 is 0. The normalized spacial score (nSPS) is 28.4. The average molecular weight is 238 g/mol. The van der Waals surface area contributed by atoms with Crippen molar-refractivity contribution >= 4 is 0 Å². The van der Waals surface area contributed by atoms with Crippen LogP contribution in [0.5, 0.6) is 0 Å². The van der Waals surface area contributed by atoms with E-state index in [9.17, 15) is 0 Å². The predicted molar refractivity (Wildman–Crippen MR) is 74.4 cm³/mol. The Bertz CT molecular complexity index is 239. The lowest BCUT2D eigenvalue weighted by Crippen LogP contribution is -2.70. The summed E-state index contributed by atoms with van der Waals surface area (Å²) < 4.78 is 0. The van der Waals surface area contributed by atoms with Crippen molar-refractivity contribution in [2.45, 2.75) is 76.8 Å². The Hall–Kier alpha value is -0.0800. The lowest BCUT2D eigenvalue weighted by molar-refractivity contribution is -0.0180. The number of nitrogens with zero attached hydrogens (tertiary/aromatic N) is 1. The van der Waals surface area contributed by atoms with Gasteiger partial charge in [-0.05, 0) is 32.2 Å². The van der Waals surface area contributed by atoms with Crippen LogP contribution in [0.25, 0.3) is 0 Å². The maximum Gasteiger partial charge on any atom is 0.0334 e. The molecule has 2 fully saturated rings. The first-order valence-corrected chi connectivity index (χ1v) is 7.70. The zero-order valence-electron chi connectivity index (χ0n) is 12.0. The fourth-order valence-electron chi connectivity index (χ4n) is 3.93. The molecule has 2 heteroatoms. The Balaban J connectivity index is 2.12. The van der Waals surface area contributed by atoms with E-state index >= 15 is 0 Å². The van der Waals surface area contributed by atoms with Gasteiger partial charge in [-0.2, -0.15) is 0 Å². The molecule has 0 unspecified atom stereocenters. The molecule has 2 nitrogen and oxygen atoms in total. The van der Waals surface area contributed by atoms with Gasteiger partial charge in [0, 0.05) is 24.2 Å². The van der Waals surface area contributed by atoms with Gasteiger partial charge in [0.05, 0.1) is 0 Å². The number of piperazine rings is 1. The molecule has 1 aliphatic carbocycles. The van der Waals surface area contributed by atoms with E-state index in [2.05, 4.69) is 31.0 Å². The van der Waals surface area contributed by atoms with Crippen LogP contribution in [-0.4, -0.2) is 35.6 Å². The summed E-state index contributed by atoms with van der Waals surface area (Å²) in [4.78, 5) is 2.80. The molecule has 0 atom stereocenters. The Morgan fingerprint density at radius 2 is 1.65 bits per heavy atom. The van der Waals surface area contributed by atoms with Crippen molar-refractivity contribution in [3.8, 4) is 0 Å². The van der Waals surface area contributed by atoms with Crippen LogP contribution in [0.1, 0.15) is 65.7 Å². The van der Waals surface area contributed by atoms with Crippen molar-refractivity contribution in [2.24, 2.45) is 0 Å². The number of nitrogens with one attached hydrogen (secondary N) is 1. The zero-order chi connectivity index (χ0) is 12.4. The third-order valence-electron chi connectivity index (χ3n) is 5.48. The summed E-state index contributed by atoms with van der Waals surface area (Å²) in [5.74, 6) is 0. The zero-order valence-corrected chi connectivity index (χ0v) is 12.0. The second-order valence-corrected chi connectivity index (χ2v) is 6.14. The van der Waals surface area contributed by atoms with Gasteiger partial charge in [-0.1, -0.05) is 40.0 Å². The van der Waals surface area contributed by atoms with Crippen molar-refractivity contribution < 1.29 is 0 Å². The molecule has 1 aliphatic heterocycles. The molecule has 0 radical (unpaired) electrons. The van der Waals surface area contributed by atoms with Crippen molar-refractivity contribution in [3.05, 3.63) is 0 Å². The van der Waals surface area contributed by atoms with Crippen molar-refractivity contribution in [1.29, 1.82) is 0 Å². The van der Waals surface area contributed by atoms with Crippen LogP contribution in [0.4, 0.5) is 0 Å². The Labute approximate surface area is 107 Å². The lowest BCUT2D eigenvalue weighted by atomic mass is 9.75. The second kappa shape index (κ2) is 5.27. The molecule has 1 heterocycles. The van der Waals surface area contributed by atoms with E-state index in [0.717, 1.165) is 0 Å². The third kappa shape index (κ3) is 2.39. The standard InChI is InChI=1S/C15H30N2/c1-4-14(5-2)13-17(6-3)15(12-16-14)10-8-7-9-11-15/h16H,4-13H2,1-3H3. The van der Waals surface area contributed by atoms with Crippen molar-refractivity contribution in [1.82, 2.24) is 10.2 Å². The average Bonchev–Trinajstić information content (AvgIpc) is 2.41. The molecular weight excluding hydrogens is 208 g/mol. The van der Waals surface area contributed by atoms with Gasteiger partial charge in [-0.15, -0.1) is 0 Å². The van der Waals surface area contributed by atoms with Crippen molar-refractivity contribution in [2.75, 3.05) is 19.6 Å². The molecular formula is C15H30N2. The molecule has 0 amide bonds. The Kier molecular flexibility index (Phi) is 4.14. The fraction of sp³-hybridized carbons (Fsp3) is 1.00. The summed E-state index contributed by atoms with van der Waals surface area (Å²) in [6.07, 6.45) is 9.67.